The van der Waals surface area contributed by atoms with Crippen molar-refractivity contribution in [3.8, 4) is 0 Å². The third-order valence-corrected chi connectivity index (χ3v) is 3.38. The molecule has 0 atom stereocenters. The van der Waals surface area contributed by atoms with Crippen molar-refractivity contribution < 1.29 is 26.4 Å². The van der Waals surface area contributed by atoms with E-state index in [1.807, 2.05) is 0 Å². The van der Waals surface area contributed by atoms with Gasteiger partial charge in [0.05, 0.1) is 5.69 Å². The molecule has 0 aliphatic rings. The van der Waals surface area contributed by atoms with E-state index in [1.54, 1.807) is 0 Å². The van der Waals surface area contributed by atoms with Gasteiger partial charge in [-0.3, -0.25) is 9.89 Å². The number of hydrogen-bond acceptors (Lipinski definition) is 4. The van der Waals surface area contributed by atoms with Gasteiger partial charge in [0.15, 0.2) is 5.69 Å². The first-order valence-corrected chi connectivity index (χ1v) is 6.99. The molecule has 0 saturated carbocycles. The predicted molar refractivity (Wildman–Crippen MR) is 62.3 cm³/mol. The normalized spacial score (nSPS) is 12.4. The van der Waals surface area contributed by atoms with Crippen molar-refractivity contribution in [2.24, 2.45) is 5.14 Å². The standard InChI is InChI=1S/C9H13F3N4O3S/c1-5-7(20(13,18)19)6(16-15-5)8(17)14-4-2-3-9(10,11)12/h2-4H2,1H3,(H,14,17)(H,15,16)(H2,13,18,19). The van der Waals surface area contributed by atoms with Crippen LogP contribution in [0.5, 0.6) is 0 Å². The van der Waals surface area contributed by atoms with E-state index in [4.69, 9.17) is 5.14 Å². The van der Waals surface area contributed by atoms with Crippen molar-refractivity contribution in [1.29, 1.82) is 0 Å². The number of primary sulfonamides is 1. The highest BCUT2D eigenvalue weighted by atomic mass is 32.2. The molecule has 4 N–H and O–H groups in total. The van der Waals surface area contributed by atoms with Gasteiger partial charge in [0, 0.05) is 13.0 Å². The number of rotatable bonds is 5. The van der Waals surface area contributed by atoms with E-state index >= 15 is 0 Å². The van der Waals surface area contributed by atoms with Gasteiger partial charge in [-0.05, 0) is 13.3 Å². The molecule has 0 bridgehead atoms. The summed E-state index contributed by atoms with van der Waals surface area (Å²) in [6.45, 7) is 1.10. The first-order valence-electron chi connectivity index (χ1n) is 5.45. The number of nitrogens with zero attached hydrogens (tertiary/aromatic N) is 1. The summed E-state index contributed by atoms with van der Waals surface area (Å²) in [5, 5.41) is 12.9. The van der Waals surface area contributed by atoms with Crippen molar-refractivity contribution in [1.82, 2.24) is 15.5 Å². The van der Waals surface area contributed by atoms with E-state index in [1.165, 1.54) is 6.92 Å². The molecular weight excluding hydrogens is 301 g/mol. The fraction of sp³-hybridized carbons (Fsp3) is 0.556. The Morgan fingerprint density at radius 2 is 2.05 bits per heavy atom. The topological polar surface area (TPSA) is 118 Å². The summed E-state index contributed by atoms with van der Waals surface area (Å²) in [5.74, 6) is -0.902. The van der Waals surface area contributed by atoms with E-state index in [-0.39, 0.29) is 18.7 Å². The molecule has 1 aromatic heterocycles. The molecule has 11 heteroatoms. The lowest BCUT2D eigenvalue weighted by Crippen LogP contribution is -2.28. The number of carbonyl (C=O) groups is 1. The van der Waals surface area contributed by atoms with Crippen LogP contribution in [0.1, 0.15) is 29.0 Å². The van der Waals surface area contributed by atoms with Gasteiger partial charge in [-0.2, -0.15) is 18.3 Å². The molecule has 0 aliphatic heterocycles. The second kappa shape index (κ2) is 5.79. The zero-order chi connectivity index (χ0) is 15.6. The molecule has 0 saturated heterocycles. The first-order chi connectivity index (χ1) is 9.02. The average molecular weight is 314 g/mol. The van der Waals surface area contributed by atoms with Crippen LogP contribution in [0.25, 0.3) is 0 Å². The molecule has 1 rings (SSSR count). The third-order valence-electron chi connectivity index (χ3n) is 2.31. The molecule has 7 nitrogen and oxygen atoms in total. The Kier molecular flexibility index (Phi) is 4.76. The number of nitrogens with two attached hydrogens (primary N) is 1. The van der Waals surface area contributed by atoms with Crippen molar-refractivity contribution in [3.63, 3.8) is 0 Å². The Hall–Kier alpha value is -1.62. The molecule has 0 aromatic carbocycles. The Balaban J connectivity index is 2.71. The van der Waals surface area contributed by atoms with Crippen molar-refractivity contribution in [2.45, 2.75) is 30.8 Å². The minimum Gasteiger partial charge on any atom is -0.351 e. The van der Waals surface area contributed by atoms with Gasteiger partial charge in [-0.1, -0.05) is 0 Å². The van der Waals surface area contributed by atoms with Crippen LogP contribution >= 0.6 is 0 Å². The lowest BCUT2D eigenvalue weighted by atomic mass is 10.3. The maximum atomic E-state index is 11.9. The molecule has 114 valence electrons. The molecule has 0 radical (unpaired) electrons. The van der Waals surface area contributed by atoms with Gasteiger partial charge >= 0.3 is 6.18 Å². The van der Waals surface area contributed by atoms with Crippen LogP contribution in [0.4, 0.5) is 13.2 Å². The van der Waals surface area contributed by atoms with Crippen LogP contribution < -0.4 is 10.5 Å². The summed E-state index contributed by atoms with van der Waals surface area (Å²) in [4.78, 5) is 11.2. The summed E-state index contributed by atoms with van der Waals surface area (Å²) >= 11 is 0. The molecule has 0 fully saturated rings. The molecule has 0 spiro atoms. The van der Waals surface area contributed by atoms with Crippen molar-refractivity contribution in [2.75, 3.05) is 6.54 Å². The zero-order valence-electron chi connectivity index (χ0n) is 10.4. The monoisotopic (exact) mass is 314 g/mol. The Bertz CT molecular complexity index is 594. The number of amides is 1. The smallest absolute Gasteiger partial charge is 0.351 e. The van der Waals surface area contributed by atoms with Crippen LogP contribution in [0.15, 0.2) is 4.90 Å². The number of aryl methyl sites for hydroxylation is 1. The highest BCUT2D eigenvalue weighted by Gasteiger charge is 2.27. The second-order valence-corrected chi connectivity index (χ2v) is 5.54. The van der Waals surface area contributed by atoms with Gasteiger partial charge in [0.1, 0.15) is 4.90 Å². The lowest BCUT2D eigenvalue weighted by Gasteiger charge is -2.07. The van der Waals surface area contributed by atoms with Crippen LogP contribution in [-0.2, 0) is 10.0 Å². The number of aromatic amines is 1. The van der Waals surface area contributed by atoms with E-state index < -0.39 is 39.1 Å². The first kappa shape index (κ1) is 16.4. The van der Waals surface area contributed by atoms with E-state index in [0.29, 0.717) is 0 Å². The third kappa shape index (κ3) is 4.49. The van der Waals surface area contributed by atoms with Crippen LogP contribution in [0.2, 0.25) is 0 Å². The summed E-state index contributed by atoms with van der Waals surface area (Å²) in [5.41, 5.74) is -0.384. The number of carbonyl (C=O) groups excluding carboxylic acids is 1. The Morgan fingerprint density at radius 3 is 2.55 bits per heavy atom. The van der Waals surface area contributed by atoms with Crippen molar-refractivity contribution >= 4 is 15.9 Å². The molecule has 20 heavy (non-hydrogen) atoms. The van der Waals surface area contributed by atoms with E-state index in [9.17, 15) is 26.4 Å². The second-order valence-electron chi connectivity index (χ2n) is 4.05. The summed E-state index contributed by atoms with van der Waals surface area (Å²) in [6, 6.07) is 0. The number of alkyl halides is 3. The van der Waals surface area contributed by atoms with Crippen LogP contribution in [0, 0.1) is 6.92 Å². The highest BCUT2D eigenvalue weighted by Crippen LogP contribution is 2.21. The number of H-pyrrole nitrogens is 1. The lowest BCUT2D eigenvalue weighted by molar-refractivity contribution is -0.135. The molecule has 1 aromatic rings. The average Bonchev–Trinajstić information content (AvgIpc) is 2.64. The molecule has 1 amide bonds. The zero-order valence-corrected chi connectivity index (χ0v) is 11.2. The maximum absolute atomic E-state index is 11.9. The maximum Gasteiger partial charge on any atom is 0.389 e. The van der Waals surface area contributed by atoms with Crippen LogP contribution in [-0.4, -0.2) is 37.2 Å². The summed E-state index contributed by atoms with van der Waals surface area (Å²) in [6.07, 6.45) is -5.67. The number of sulfonamides is 1. The fourth-order valence-electron chi connectivity index (χ4n) is 1.50. The minimum absolute atomic E-state index is 0.0768. The highest BCUT2D eigenvalue weighted by molar-refractivity contribution is 7.89. The van der Waals surface area contributed by atoms with Gasteiger partial charge < -0.3 is 5.32 Å². The molecule has 0 unspecified atom stereocenters. The van der Waals surface area contributed by atoms with Crippen molar-refractivity contribution in [3.05, 3.63) is 11.4 Å². The Labute approximate surface area is 112 Å². The summed E-state index contributed by atoms with van der Waals surface area (Å²) in [7, 11) is -4.15. The quantitative estimate of drug-likeness (QED) is 0.683. The summed E-state index contributed by atoms with van der Waals surface area (Å²) < 4.78 is 58.3. The number of halogens is 3. The molecular formula is C9H13F3N4O3S. The van der Waals surface area contributed by atoms with E-state index in [0.717, 1.165) is 0 Å². The van der Waals surface area contributed by atoms with Gasteiger partial charge in [-0.25, -0.2) is 13.6 Å². The van der Waals surface area contributed by atoms with Gasteiger partial charge in [0.25, 0.3) is 5.91 Å². The van der Waals surface area contributed by atoms with E-state index in [2.05, 4.69) is 15.5 Å². The number of nitrogens with one attached hydrogen (secondary N) is 2. The fourth-order valence-corrected chi connectivity index (χ4v) is 2.38. The Morgan fingerprint density at radius 1 is 1.45 bits per heavy atom. The largest absolute Gasteiger partial charge is 0.389 e. The van der Waals surface area contributed by atoms with Gasteiger partial charge in [-0.15, -0.1) is 0 Å². The minimum atomic E-state index is -4.31. The predicted octanol–water partition coefficient (Wildman–Crippen LogP) is 0.438. The van der Waals surface area contributed by atoms with Crippen LogP contribution in [0.3, 0.4) is 0 Å². The number of hydrogen-bond donors (Lipinski definition) is 3. The number of aromatic nitrogens is 2. The molecule has 1 heterocycles. The van der Waals surface area contributed by atoms with Gasteiger partial charge in [0.2, 0.25) is 10.0 Å². The molecule has 0 aliphatic carbocycles. The SMILES string of the molecule is Cc1[nH]nc(C(=O)NCCCC(F)(F)F)c1S(N)(=O)=O.